The molecule has 0 saturated carbocycles. The highest BCUT2D eigenvalue weighted by molar-refractivity contribution is 5.69. The van der Waals surface area contributed by atoms with E-state index in [1.54, 1.807) is 43.8 Å². The highest BCUT2D eigenvalue weighted by atomic mass is 16.6. The van der Waals surface area contributed by atoms with Crippen molar-refractivity contribution in [3.05, 3.63) is 24.5 Å². The van der Waals surface area contributed by atoms with Crippen molar-refractivity contribution in [3.63, 3.8) is 0 Å². The van der Waals surface area contributed by atoms with Crippen LogP contribution in [0.2, 0.25) is 0 Å². The Morgan fingerprint density at radius 1 is 1.29 bits per heavy atom. The minimum atomic E-state index is -0.583. The van der Waals surface area contributed by atoms with Crippen molar-refractivity contribution in [1.29, 1.82) is 0 Å². The van der Waals surface area contributed by atoms with E-state index in [0.29, 0.717) is 11.5 Å². The van der Waals surface area contributed by atoms with Gasteiger partial charge in [-0.05, 0) is 32.9 Å². The molecule has 0 fully saturated rings. The van der Waals surface area contributed by atoms with E-state index < -0.39 is 11.7 Å². The number of anilines is 1. The summed E-state index contributed by atoms with van der Waals surface area (Å²) in [6, 6.07) is 3.48. The Labute approximate surface area is 122 Å². The molecular weight excluding hydrogens is 272 g/mol. The SMILES string of the molecule is Cn1cc(-c2ccc(NNC(=O)OC(C)(C)C)nn2)cn1. The highest BCUT2D eigenvalue weighted by Crippen LogP contribution is 2.15. The van der Waals surface area contributed by atoms with E-state index in [4.69, 9.17) is 4.74 Å². The van der Waals surface area contributed by atoms with E-state index in [1.165, 1.54) is 0 Å². The van der Waals surface area contributed by atoms with Gasteiger partial charge in [0.25, 0.3) is 0 Å². The second-order valence-electron chi connectivity index (χ2n) is 5.46. The van der Waals surface area contributed by atoms with Crippen LogP contribution in [0, 0.1) is 0 Å². The maximum atomic E-state index is 11.5. The number of amides is 1. The molecule has 112 valence electrons. The quantitative estimate of drug-likeness (QED) is 0.836. The molecular formula is C13H18N6O2. The third kappa shape index (κ3) is 4.44. The standard InChI is InChI=1S/C13H18N6O2/c1-13(2,3)21-12(20)18-17-11-6-5-10(15-16-11)9-7-14-19(4)8-9/h5-8H,1-4H3,(H,16,17)(H,18,20). The van der Waals surface area contributed by atoms with Crippen molar-refractivity contribution < 1.29 is 9.53 Å². The Hall–Kier alpha value is -2.64. The van der Waals surface area contributed by atoms with Crippen LogP contribution in [0.25, 0.3) is 11.3 Å². The molecule has 0 aromatic carbocycles. The lowest BCUT2D eigenvalue weighted by Gasteiger charge is -2.19. The largest absolute Gasteiger partial charge is 0.443 e. The number of carbonyl (C=O) groups excluding carboxylic acids is 1. The maximum Gasteiger partial charge on any atom is 0.426 e. The lowest BCUT2D eigenvalue weighted by atomic mass is 10.2. The number of rotatable bonds is 3. The molecule has 2 aromatic rings. The number of aryl methyl sites for hydroxylation is 1. The summed E-state index contributed by atoms with van der Waals surface area (Å²) in [6.45, 7) is 5.36. The Bertz CT molecular complexity index is 614. The van der Waals surface area contributed by atoms with Crippen LogP contribution >= 0.6 is 0 Å². The molecule has 0 aliphatic heterocycles. The van der Waals surface area contributed by atoms with E-state index in [9.17, 15) is 4.79 Å². The molecule has 0 aliphatic carbocycles. The molecule has 0 unspecified atom stereocenters. The fourth-order valence-electron chi connectivity index (χ4n) is 1.53. The monoisotopic (exact) mass is 290 g/mol. The first kappa shape index (κ1) is 14.8. The zero-order valence-electron chi connectivity index (χ0n) is 12.4. The minimum absolute atomic E-state index is 0.411. The average Bonchev–Trinajstić information content (AvgIpc) is 2.82. The Balaban J connectivity index is 1.92. The van der Waals surface area contributed by atoms with Gasteiger partial charge in [-0.25, -0.2) is 10.2 Å². The van der Waals surface area contributed by atoms with Crippen LogP contribution < -0.4 is 10.9 Å². The molecule has 0 spiro atoms. The average molecular weight is 290 g/mol. The summed E-state index contributed by atoms with van der Waals surface area (Å²) in [5.74, 6) is 0.411. The van der Waals surface area contributed by atoms with Gasteiger partial charge in [-0.3, -0.25) is 10.1 Å². The number of hydrazine groups is 1. The number of aromatic nitrogens is 4. The van der Waals surface area contributed by atoms with E-state index in [-0.39, 0.29) is 0 Å². The first-order chi connectivity index (χ1) is 9.83. The molecule has 0 bridgehead atoms. The van der Waals surface area contributed by atoms with Gasteiger partial charge in [-0.1, -0.05) is 0 Å². The predicted octanol–water partition coefficient (Wildman–Crippen LogP) is 1.73. The Morgan fingerprint density at radius 2 is 2.05 bits per heavy atom. The van der Waals surface area contributed by atoms with Crippen molar-refractivity contribution in [2.24, 2.45) is 7.05 Å². The van der Waals surface area contributed by atoms with E-state index in [1.807, 2.05) is 13.2 Å². The normalized spacial score (nSPS) is 11.0. The van der Waals surface area contributed by atoms with E-state index in [2.05, 4.69) is 26.1 Å². The van der Waals surface area contributed by atoms with Crippen LogP contribution in [0.3, 0.4) is 0 Å². The molecule has 2 heterocycles. The number of hydrogen-bond acceptors (Lipinski definition) is 6. The minimum Gasteiger partial charge on any atom is -0.443 e. The number of nitrogens with one attached hydrogen (secondary N) is 2. The summed E-state index contributed by atoms with van der Waals surface area (Å²) in [5, 5.41) is 12.1. The fraction of sp³-hybridized carbons (Fsp3) is 0.385. The number of nitrogens with zero attached hydrogens (tertiary/aromatic N) is 4. The third-order valence-electron chi connectivity index (χ3n) is 2.36. The molecule has 0 aliphatic rings. The highest BCUT2D eigenvalue weighted by Gasteiger charge is 2.15. The Kier molecular flexibility index (Phi) is 4.06. The topological polar surface area (TPSA) is 94.0 Å². The molecule has 0 radical (unpaired) electrons. The van der Waals surface area contributed by atoms with Gasteiger partial charge >= 0.3 is 6.09 Å². The second-order valence-corrected chi connectivity index (χ2v) is 5.46. The fourth-order valence-corrected chi connectivity index (χ4v) is 1.53. The van der Waals surface area contributed by atoms with Crippen LogP contribution in [-0.2, 0) is 11.8 Å². The summed E-state index contributed by atoms with van der Waals surface area (Å²) >= 11 is 0. The molecule has 0 saturated heterocycles. The molecule has 2 aromatic heterocycles. The van der Waals surface area contributed by atoms with Crippen molar-refractivity contribution in [3.8, 4) is 11.3 Å². The maximum absolute atomic E-state index is 11.5. The van der Waals surface area contributed by atoms with Crippen molar-refractivity contribution in [1.82, 2.24) is 25.4 Å². The van der Waals surface area contributed by atoms with Gasteiger partial charge in [0.15, 0.2) is 5.82 Å². The molecule has 2 rings (SSSR count). The van der Waals surface area contributed by atoms with Crippen LogP contribution in [0.4, 0.5) is 10.6 Å². The first-order valence-corrected chi connectivity index (χ1v) is 6.41. The molecule has 8 heteroatoms. The summed E-state index contributed by atoms with van der Waals surface area (Å²) in [5.41, 5.74) is 6.04. The summed E-state index contributed by atoms with van der Waals surface area (Å²) in [4.78, 5) is 11.5. The van der Waals surface area contributed by atoms with Crippen molar-refractivity contribution in [2.75, 3.05) is 5.43 Å². The van der Waals surface area contributed by atoms with E-state index >= 15 is 0 Å². The smallest absolute Gasteiger partial charge is 0.426 e. The van der Waals surface area contributed by atoms with Crippen LogP contribution in [-0.4, -0.2) is 31.7 Å². The summed E-state index contributed by atoms with van der Waals surface area (Å²) in [7, 11) is 1.83. The van der Waals surface area contributed by atoms with Gasteiger partial charge < -0.3 is 4.74 Å². The van der Waals surface area contributed by atoms with Crippen LogP contribution in [0.15, 0.2) is 24.5 Å². The molecule has 21 heavy (non-hydrogen) atoms. The zero-order valence-corrected chi connectivity index (χ0v) is 12.4. The molecule has 0 atom stereocenters. The molecule has 8 nitrogen and oxygen atoms in total. The van der Waals surface area contributed by atoms with Crippen molar-refractivity contribution >= 4 is 11.9 Å². The first-order valence-electron chi connectivity index (χ1n) is 6.41. The number of ether oxygens (including phenoxy) is 1. The van der Waals surface area contributed by atoms with E-state index in [0.717, 1.165) is 5.56 Å². The molecule has 2 N–H and O–H groups in total. The Morgan fingerprint density at radius 3 is 2.57 bits per heavy atom. The second kappa shape index (κ2) is 5.78. The van der Waals surface area contributed by atoms with Gasteiger partial charge in [-0.2, -0.15) is 5.10 Å². The van der Waals surface area contributed by atoms with Gasteiger partial charge in [0, 0.05) is 18.8 Å². The third-order valence-corrected chi connectivity index (χ3v) is 2.36. The summed E-state index contributed by atoms with van der Waals surface area (Å²) in [6.07, 6.45) is 2.96. The van der Waals surface area contributed by atoms with Crippen molar-refractivity contribution in [2.45, 2.75) is 26.4 Å². The lowest BCUT2D eigenvalue weighted by Crippen LogP contribution is -2.36. The van der Waals surface area contributed by atoms with Gasteiger partial charge in [-0.15, -0.1) is 10.2 Å². The predicted molar refractivity (Wildman–Crippen MR) is 77.2 cm³/mol. The van der Waals surface area contributed by atoms with Gasteiger partial charge in [0.1, 0.15) is 5.60 Å². The van der Waals surface area contributed by atoms with Crippen LogP contribution in [0.5, 0.6) is 0 Å². The van der Waals surface area contributed by atoms with Gasteiger partial charge in [0.05, 0.1) is 11.9 Å². The zero-order chi connectivity index (χ0) is 15.5. The van der Waals surface area contributed by atoms with Gasteiger partial charge in [0.2, 0.25) is 0 Å². The number of carbonyl (C=O) groups is 1. The van der Waals surface area contributed by atoms with Crippen LogP contribution in [0.1, 0.15) is 20.8 Å². The summed E-state index contributed by atoms with van der Waals surface area (Å²) < 4.78 is 6.77. The number of hydrogen-bond donors (Lipinski definition) is 2. The molecule has 1 amide bonds. The lowest BCUT2D eigenvalue weighted by molar-refractivity contribution is 0.0541.